The van der Waals surface area contributed by atoms with Gasteiger partial charge in [0.1, 0.15) is 10.8 Å². The number of thiophene rings is 1. The highest BCUT2D eigenvalue weighted by molar-refractivity contribution is 7.17. The van der Waals surface area contributed by atoms with Crippen molar-refractivity contribution in [3.63, 3.8) is 0 Å². The van der Waals surface area contributed by atoms with E-state index in [2.05, 4.69) is 31.4 Å². The number of amides is 2. The molecule has 0 bridgehead atoms. The first-order chi connectivity index (χ1) is 14.4. The van der Waals surface area contributed by atoms with Crippen molar-refractivity contribution in [2.75, 3.05) is 17.7 Å². The molecule has 0 radical (unpaired) electrons. The van der Waals surface area contributed by atoms with E-state index >= 15 is 0 Å². The number of carbonyl (C=O) groups excluding carboxylic acids is 2. The van der Waals surface area contributed by atoms with E-state index in [1.54, 1.807) is 18.4 Å². The normalized spacial score (nSPS) is 16.4. The summed E-state index contributed by atoms with van der Waals surface area (Å²) in [7, 11) is 1.61. The van der Waals surface area contributed by atoms with Crippen LogP contribution in [0.25, 0.3) is 0 Å². The van der Waals surface area contributed by atoms with Crippen molar-refractivity contribution in [2.45, 2.75) is 60.8 Å². The topological polar surface area (TPSA) is 67.4 Å². The van der Waals surface area contributed by atoms with Crippen LogP contribution in [-0.4, -0.2) is 18.9 Å². The Bertz CT molecular complexity index is 962. The largest absolute Gasteiger partial charge is 0.497 e. The molecule has 2 aromatic rings. The highest BCUT2D eigenvalue weighted by atomic mass is 32.1. The summed E-state index contributed by atoms with van der Waals surface area (Å²) in [5.74, 6) is 1.03. The van der Waals surface area contributed by atoms with Crippen molar-refractivity contribution in [1.82, 2.24) is 0 Å². The van der Waals surface area contributed by atoms with Gasteiger partial charge in [0, 0.05) is 16.0 Å². The minimum absolute atomic E-state index is 0.0861. The van der Waals surface area contributed by atoms with Crippen LogP contribution in [0.15, 0.2) is 24.3 Å². The number of carbonyl (C=O) groups is 2. The Kier molecular flexibility index (Phi) is 6.51. The minimum Gasteiger partial charge on any atom is -0.497 e. The van der Waals surface area contributed by atoms with E-state index < -0.39 is 5.41 Å². The standard InChI is InChI=1S/C25H34N2O3S/c1-24(2,3)15-8-13-18-19(14-15)31-22(27-23(29)25(4,5)6)20(18)21(28)26-16-9-11-17(30-7)12-10-16/h9-12,15H,8,13-14H2,1-7H3,(H,26,28)(H,27,29). The number of fused-ring (bicyclic) bond motifs is 1. The van der Waals surface area contributed by atoms with Gasteiger partial charge < -0.3 is 15.4 Å². The second-order valence-corrected chi connectivity index (χ2v) is 11.5. The summed E-state index contributed by atoms with van der Waals surface area (Å²) in [5, 5.41) is 6.70. The fourth-order valence-corrected chi connectivity index (χ4v) is 5.13. The van der Waals surface area contributed by atoms with Crippen molar-refractivity contribution in [1.29, 1.82) is 0 Å². The number of methoxy groups -OCH3 is 1. The van der Waals surface area contributed by atoms with Crippen LogP contribution in [-0.2, 0) is 17.6 Å². The van der Waals surface area contributed by atoms with E-state index in [0.29, 0.717) is 22.2 Å². The molecule has 1 aliphatic rings. The lowest BCUT2D eigenvalue weighted by atomic mass is 9.72. The highest BCUT2D eigenvalue weighted by Crippen LogP contribution is 2.44. The number of nitrogens with one attached hydrogen (secondary N) is 2. The van der Waals surface area contributed by atoms with Gasteiger partial charge in [-0.05, 0) is 60.4 Å². The van der Waals surface area contributed by atoms with E-state index in [0.717, 1.165) is 30.6 Å². The second kappa shape index (κ2) is 8.65. The molecule has 3 rings (SSSR count). The van der Waals surface area contributed by atoms with E-state index in [1.807, 2.05) is 45.0 Å². The number of ether oxygens (including phenoxy) is 1. The summed E-state index contributed by atoms with van der Waals surface area (Å²) in [6.07, 6.45) is 2.84. The lowest BCUT2D eigenvalue weighted by Gasteiger charge is -2.33. The molecule has 1 aromatic carbocycles. The SMILES string of the molecule is COc1ccc(NC(=O)c2c(NC(=O)C(C)(C)C)sc3c2CCC(C(C)(C)C)C3)cc1. The summed E-state index contributed by atoms with van der Waals surface area (Å²) in [5.41, 5.74) is 2.06. The van der Waals surface area contributed by atoms with Crippen LogP contribution in [0.5, 0.6) is 5.75 Å². The summed E-state index contributed by atoms with van der Waals surface area (Å²) in [4.78, 5) is 27.3. The van der Waals surface area contributed by atoms with E-state index in [9.17, 15) is 9.59 Å². The maximum atomic E-state index is 13.3. The van der Waals surface area contributed by atoms with Crippen molar-refractivity contribution in [2.24, 2.45) is 16.7 Å². The third-order valence-electron chi connectivity index (χ3n) is 5.97. The molecular weight excluding hydrogens is 408 g/mol. The molecule has 168 valence electrons. The molecule has 1 aromatic heterocycles. The molecule has 1 heterocycles. The lowest BCUT2D eigenvalue weighted by Crippen LogP contribution is -2.28. The first kappa shape index (κ1) is 23.3. The monoisotopic (exact) mass is 442 g/mol. The quantitative estimate of drug-likeness (QED) is 0.597. The fraction of sp³-hybridized carbons (Fsp3) is 0.520. The molecule has 0 saturated heterocycles. The zero-order valence-electron chi connectivity index (χ0n) is 19.6. The van der Waals surface area contributed by atoms with Crippen LogP contribution >= 0.6 is 11.3 Å². The maximum absolute atomic E-state index is 13.3. The van der Waals surface area contributed by atoms with Gasteiger partial charge in [0.2, 0.25) is 5.91 Å². The predicted molar refractivity (Wildman–Crippen MR) is 128 cm³/mol. The first-order valence-corrected chi connectivity index (χ1v) is 11.6. The summed E-state index contributed by atoms with van der Waals surface area (Å²) in [6, 6.07) is 7.26. The van der Waals surface area contributed by atoms with E-state index in [4.69, 9.17) is 4.74 Å². The molecule has 31 heavy (non-hydrogen) atoms. The summed E-state index contributed by atoms with van der Waals surface area (Å²) < 4.78 is 5.19. The molecule has 2 N–H and O–H groups in total. The fourth-order valence-electron chi connectivity index (χ4n) is 3.81. The molecular formula is C25H34N2O3S. The van der Waals surface area contributed by atoms with Crippen LogP contribution in [0.4, 0.5) is 10.7 Å². The van der Waals surface area contributed by atoms with Gasteiger partial charge >= 0.3 is 0 Å². The third kappa shape index (κ3) is 5.29. The number of hydrogen-bond donors (Lipinski definition) is 2. The minimum atomic E-state index is -0.540. The summed E-state index contributed by atoms with van der Waals surface area (Å²) >= 11 is 1.56. The molecule has 0 fully saturated rings. The Morgan fingerprint density at radius 3 is 2.23 bits per heavy atom. The molecule has 1 aliphatic carbocycles. The Balaban J connectivity index is 1.95. The second-order valence-electron chi connectivity index (χ2n) is 10.4. The smallest absolute Gasteiger partial charge is 0.258 e. The van der Waals surface area contributed by atoms with Crippen molar-refractivity contribution in [3.8, 4) is 5.75 Å². The van der Waals surface area contributed by atoms with Gasteiger partial charge in [0.25, 0.3) is 5.91 Å². The van der Waals surface area contributed by atoms with Crippen molar-refractivity contribution in [3.05, 3.63) is 40.3 Å². The average Bonchev–Trinajstić information content (AvgIpc) is 3.04. The molecule has 0 spiro atoms. The molecule has 0 aliphatic heterocycles. The zero-order valence-corrected chi connectivity index (χ0v) is 20.5. The van der Waals surface area contributed by atoms with E-state index in [1.165, 1.54) is 4.88 Å². The van der Waals surface area contributed by atoms with Gasteiger partial charge in [0.15, 0.2) is 0 Å². The zero-order chi connectivity index (χ0) is 23.0. The van der Waals surface area contributed by atoms with Gasteiger partial charge in [-0.2, -0.15) is 0 Å². The predicted octanol–water partition coefficient (Wildman–Crippen LogP) is 6.14. The average molecular weight is 443 g/mol. The van der Waals surface area contributed by atoms with Crippen molar-refractivity contribution >= 4 is 33.8 Å². The molecule has 1 atom stereocenters. The highest BCUT2D eigenvalue weighted by Gasteiger charge is 2.35. The molecule has 6 heteroatoms. The van der Waals surface area contributed by atoms with Gasteiger partial charge in [-0.3, -0.25) is 9.59 Å². The molecule has 2 amide bonds. The third-order valence-corrected chi connectivity index (χ3v) is 7.14. The number of rotatable bonds is 4. The Hall–Kier alpha value is -2.34. The summed E-state index contributed by atoms with van der Waals surface area (Å²) in [6.45, 7) is 12.5. The van der Waals surface area contributed by atoms with Crippen LogP contribution in [0.2, 0.25) is 0 Å². The van der Waals surface area contributed by atoms with E-state index in [-0.39, 0.29) is 17.2 Å². The van der Waals surface area contributed by atoms with Crippen LogP contribution < -0.4 is 15.4 Å². The lowest BCUT2D eigenvalue weighted by molar-refractivity contribution is -0.123. The molecule has 5 nitrogen and oxygen atoms in total. The Morgan fingerprint density at radius 2 is 1.68 bits per heavy atom. The van der Waals surface area contributed by atoms with Crippen LogP contribution in [0.3, 0.4) is 0 Å². The van der Waals surface area contributed by atoms with Gasteiger partial charge in [0.05, 0.1) is 12.7 Å². The van der Waals surface area contributed by atoms with Gasteiger partial charge in [-0.1, -0.05) is 41.5 Å². The molecule has 1 unspecified atom stereocenters. The van der Waals surface area contributed by atoms with Crippen molar-refractivity contribution < 1.29 is 14.3 Å². The maximum Gasteiger partial charge on any atom is 0.258 e. The number of benzene rings is 1. The Morgan fingerprint density at radius 1 is 1.03 bits per heavy atom. The van der Waals surface area contributed by atoms with Crippen LogP contribution in [0.1, 0.15) is 68.8 Å². The van der Waals surface area contributed by atoms with Crippen LogP contribution in [0, 0.1) is 16.7 Å². The van der Waals surface area contributed by atoms with Gasteiger partial charge in [-0.15, -0.1) is 11.3 Å². The molecule has 0 saturated carbocycles. The number of hydrogen-bond acceptors (Lipinski definition) is 4. The first-order valence-electron chi connectivity index (χ1n) is 10.8. The Labute approximate surface area is 189 Å². The van der Waals surface area contributed by atoms with Gasteiger partial charge in [-0.25, -0.2) is 0 Å². The number of anilines is 2.